The number of imide groups is 1. The number of fused-ring (bicyclic) bond motifs is 1. The number of amides is 2. The van der Waals surface area contributed by atoms with Crippen molar-refractivity contribution < 1.29 is 22.7 Å². The van der Waals surface area contributed by atoms with Crippen LogP contribution in [0.4, 0.5) is 0 Å². The molecule has 0 radical (unpaired) electrons. The Morgan fingerprint density at radius 3 is 2.19 bits per heavy atom. The number of nitrogens with zero attached hydrogens (tertiary/aromatic N) is 3. The standard InChI is InChI=1S/C23H33N3O5S/c1-3-10-24-11-13-25(14-12-24)32(29,30)21-15-17(8-9-20(21)31-2)16-26-22(27)18-6-4-5-7-19(18)23(26)28/h8-9,15,18-19H,3-7,10-14,16H2,1-2H3. The van der Waals surface area contributed by atoms with Crippen molar-refractivity contribution in [2.75, 3.05) is 39.8 Å². The minimum atomic E-state index is -3.75. The van der Waals surface area contributed by atoms with Crippen LogP contribution in [-0.4, -0.2) is 74.2 Å². The van der Waals surface area contributed by atoms with Gasteiger partial charge in [-0.3, -0.25) is 14.5 Å². The summed E-state index contributed by atoms with van der Waals surface area (Å²) in [6.07, 6.45) is 4.52. The molecule has 0 N–H and O–H groups in total. The molecule has 8 nitrogen and oxygen atoms in total. The first-order valence-electron chi connectivity index (χ1n) is 11.6. The minimum Gasteiger partial charge on any atom is -0.495 e. The third kappa shape index (κ3) is 4.30. The molecule has 9 heteroatoms. The van der Waals surface area contributed by atoms with Gasteiger partial charge in [-0.05, 0) is 43.5 Å². The Morgan fingerprint density at radius 2 is 1.62 bits per heavy atom. The normalized spacial score (nSPS) is 25.2. The maximum Gasteiger partial charge on any atom is 0.246 e. The number of carbonyl (C=O) groups excluding carboxylic acids is 2. The van der Waals surface area contributed by atoms with E-state index in [9.17, 15) is 18.0 Å². The van der Waals surface area contributed by atoms with Gasteiger partial charge >= 0.3 is 0 Å². The summed E-state index contributed by atoms with van der Waals surface area (Å²) in [5.41, 5.74) is 0.620. The summed E-state index contributed by atoms with van der Waals surface area (Å²) >= 11 is 0. The Morgan fingerprint density at radius 1 is 1.00 bits per heavy atom. The monoisotopic (exact) mass is 463 g/mol. The van der Waals surface area contributed by atoms with E-state index in [1.54, 1.807) is 18.2 Å². The van der Waals surface area contributed by atoms with Gasteiger partial charge in [-0.15, -0.1) is 0 Å². The van der Waals surface area contributed by atoms with Gasteiger partial charge in [0.1, 0.15) is 10.6 Å². The van der Waals surface area contributed by atoms with Crippen molar-refractivity contribution in [3.05, 3.63) is 23.8 Å². The van der Waals surface area contributed by atoms with Crippen LogP contribution in [-0.2, 0) is 26.2 Å². The number of sulfonamides is 1. The van der Waals surface area contributed by atoms with E-state index < -0.39 is 10.0 Å². The maximum atomic E-state index is 13.4. The Balaban J connectivity index is 1.55. The summed E-state index contributed by atoms with van der Waals surface area (Å²) in [7, 11) is -2.30. The van der Waals surface area contributed by atoms with Gasteiger partial charge in [-0.25, -0.2) is 8.42 Å². The average molecular weight is 464 g/mol. The molecule has 32 heavy (non-hydrogen) atoms. The Labute approximate surface area is 190 Å². The van der Waals surface area contributed by atoms with Gasteiger partial charge in [0.25, 0.3) is 0 Å². The second-order valence-electron chi connectivity index (χ2n) is 8.99. The summed E-state index contributed by atoms with van der Waals surface area (Å²) in [5.74, 6) is -0.384. The van der Waals surface area contributed by atoms with Crippen LogP contribution in [0.25, 0.3) is 0 Å². The first-order valence-corrected chi connectivity index (χ1v) is 13.1. The molecular formula is C23H33N3O5S. The number of carbonyl (C=O) groups is 2. The lowest BCUT2D eigenvalue weighted by atomic mass is 9.81. The van der Waals surface area contributed by atoms with E-state index in [-0.39, 0.29) is 40.8 Å². The van der Waals surface area contributed by atoms with Crippen LogP contribution in [0.5, 0.6) is 5.75 Å². The van der Waals surface area contributed by atoms with Crippen LogP contribution < -0.4 is 4.74 Å². The zero-order chi connectivity index (χ0) is 22.9. The lowest BCUT2D eigenvalue weighted by molar-refractivity contribution is -0.140. The third-order valence-corrected chi connectivity index (χ3v) is 8.91. The highest BCUT2D eigenvalue weighted by atomic mass is 32.2. The lowest BCUT2D eigenvalue weighted by Crippen LogP contribution is -2.48. The van der Waals surface area contributed by atoms with Crippen molar-refractivity contribution in [1.82, 2.24) is 14.1 Å². The van der Waals surface area contributed by atoms with Gasteiger partial charge in [0.05, 0.1) is 25.5 Å². The van der Waals surface area contributed by atoms with E-state index in [0.717, 1.165) is 38.6 Å². The van der Waals surface area contributed by atoms with Crippen LogP contribution in [0, 0.1) is 11.8 Å². The van der Waals surface area contributed by atoms with Crippen LogP contribution >= 0.6 is 0 Å². The number of piperazine rings is 1. The second-order valence-corrected chi connectivity index (χ2v) is 10.9. The molecule has 2 heterocycles. The van der Waals surface area contributed by atoms with Gasteiger partial charge in [-0.1, -0.05) is 25.8 Å². The number of hydrogen-bond acceptors (Lipinski definition) is 6. The Bertz CT molecular complexity index is 948. The molecule has 1 aromatic carbocycles. The van der Waals surface area contributed by atoms with E-state index in [1.165, 1.54) is 16.3 Å². The molecule has 3 fully saturated rings. The average Bonchev–Trinajstić information content (AvgIpc) is 3.04. The quantitative estimate of drug-likeness (QED) is 0.576. The predicted octanol–water partition coefficient (Wildman–Crippen LogP) is 2.09. The lowest BCUT2D eigenvalue weighted by Gasteiger charge is -2.34. The number of rotatable bonds is 7. The topological polar surface area (TPSA) is 87.2 Å². The van der Waals surface area contributed by atoms with Gasteiger partial charge in [0.15, 0.2) is 0 Å². The zero-order valence-corrected chi connectivity index (χ0v) is 19.8. The molecule has 0 aromatic heterocycles. The summed E-state index contributed by atoms with van der Waals surface area (Å²) in [5, 5.41) is 0. The molecule has 2 saturated heterocycles. The van der Waals surface area contributed by atoms with Crippen LogP contribution in [0.3, 0.4) is 0 Å². The summed E-state index contributed by atoms with van der Waals surface area (Å²) in [4.78, 5) is 29.4. The highest BCUT2D eigenvalue weighted by Crippen LogP contribution is 2.39. The molecular weight excluding hydrogens is 430 g/mol. The number of likely N-dealkylation sites (tertiary alicyclic amines) is 1. The zero-order valence-electron chi connectivity index (χ0n) is 19.0. The van der Waals surface area contributed by atoms with E-state index in [1.807, 2.05) is 0 Å². The fourth-order valence-corrected chi connectivity index (χ4v) is 6.87. The molecule has 0 bridgehead atoms. The number of ether oxygens (including phenoxy) is 1. The van der Waals surface area contributed by atoms with Crippen molar-refractivity contribution in [3.8, 4) is 5.75 Å². The maximum absolute atomic E-state index is 13.4. The summed E-state index contributed by atoms with van der Waals surface area (Å²) < 4.78 is 33.7. The van der Waals surface area contributed by atoms with E-state index in [2.05, 4.69) is 11.8 Å². The number of methoxy groups -OCH3 is 1. The highest BCUT2D eigenvalue weighted by molar-refractivity contribution is 7.89. The SMILES string of the molecule is CCCN1CCN(S(=O)(=O)c2cc(CN3C(=O)C4CCCCC4C3=O)ccc2OC)CC1. The summed E-state index contributed by atoms with van der Waals surface area (Å²) in [6.45, 7) is 5.45. The molecule has 176 valence electrons. The van der Waals surface area contributed by atoms with Crippen molar-refractivity contribution in [3.63, 3.8) is 0 Å². The third-order valence-electron chi connectivity index (χ3n) is 6.99. The molecule has 2 atom stereocenters. The molecule has 2 amide bonds. The molecule has 0 spiro atoms. The van der Waals surface area contributed by atoms with Crippen LogP contribution in [0.1, 0.15) is 44.6 Å². The largest absolute Gasteiger partial charge is 0.495 e. The minimum absolute atomic E-state index is 0.0953. The van der Waals surface area contributed by atoms with Gasteiger partial charge in [-0.2, -0.15) is 4.31 Å². The van der Waals surface area contributed by atoms with Crippen molar-refractivity contribution in [2.24, 2.45) is 11.8 Å². The van der Waals surface area contributed by atoms with E-state index in [4.69, 9.17) is 4.74 Å². The Kier molecular flexibility index (Phi) is 6.88. The van der Waals surface area contributed by atoms with Crippen LogP contribution in [0.15, 0.2) is 23.1 Å². The van der Waals surface area contributed by atoms with Crippen molar-refractivity contribution >= 4 is 21.8 Å². The van der Waals surface area contributed by atoms with Crippen LogP contribution in [0.2, 0.25) is 0 Å². The highest BCUT2D eigenvalue weighted by Gasteiger charge is 2.48. The van der Waals surface area contributed by atoms with Gasteiger partial charge in [0.2, 0.25) is 21.8 Å². The van der Waals surface area contributed by atoms with Crippen molar-refractivity contribution in [2.45, 2.75) is 50.5 Å². The first-order chi connectivity index (χ1) is 15.4. The Hall–Kier alpha value is -1.97. The molecule has 2 unspecified atom stereocenters. The smallest absolute Gasteiger partial charge is 0.246 e. The van der Waals surface area contributed by atoms with Gasteiger partial charge in [0, 0.05) is 26.2 Å². The molecule has 3 aliphatic rings. The fourth-order valence-electron chi connectivity index (χ4n) is 5.24. The molecule has 4 rings (SSSR count). The number of benzene rings is 1. The molecule has 1 aliphatic carbocycles. The predicted molar refractivity (Wildman–Crippen MR) is 119 cm³/mol. The van der Waals surface area contributed by atoms with Gasteiger partial charge < -0.3 is 9.64 Å². The second kappa shape index (κ2) is 9.49. The fraction of sp³-hybridized carbons (Fsp3) is 0.652. The van der Waals surface area contributed by atoms with E-state index >= 15 is 0 Å². The van der Waals surface area contributed by atoms with Crippen molar-refractivity contribution in [1.29, 1.82) is 0 Å². The first kappa shape index (κ1) is 23.2. The van der Waals surface area contributed by atoms with E-state index in [0.29, 0.717) is 31.7 Å². The molecule has 2 aliphatic heterocycles. The number of hydrogen-bond donors (Lipinski definition) is 0. The summed E-state index contributed by atoms with van der Waals surface area (Å²) in [6, 6.07) is 4.92. The molecule has 1 saturated carbocycles. The molecule has 1 aromatic rings.